The number of fused-ring (bicyclic) bond motifs is 7. The molecule has 0 aliphatic rings. The Morgan fingerprint density at radius 1 is 0.512 bits per heavy atom. The van der Waals surface area contributed by atoms with E-state index in [2.05, 4.69) is 148 Å². The Balaban J connectivity index is 1.28. The van der Waals surface area contributed by atoms with Crippen LogP contribution in [-0.4, -0.2) is 28.5 Å². The van der Waals surface area contributed by atoms with E-state index in [0.717, 1.165) is 27.2 Å². The van der Waals surface area contributed by atoms with Gasteiger partial charge in [-0.15, -0.1) is 0 Å². The maximum atomic E-state index is 5.30. The van der Waals surface area contributed by atoms with Gasteiger partial charge in [0.2, 0.25) is 0 Å². The molecule has 3 nitrogen and oxygen atoms in total. The first-order chi connectivity index (χ1) is 20.3. The second-order valence-electron chi connectivity index (χ2n) is 10.5. The van der Waals surface area contributed by atoms with Gasteiger partial charge in [0.15, 0.2) is 0 Å². The zero-order valence-electron chi connectivity index (χ0n) is 22.0. The molecule has 0 atom stereocenters. The van der Waals surface area contributed by atoms with Gasteiger partial charge in [0.25, 0.3) is 0 Å². The summed E-state index contributed by atoms with van der Waals surface area (Å²) in [6.45, 7) is 0. The molecule has 0 aliphatic heterocycles. The van der Waals surface area contributed by atoms with Crippen LogP contribution in [-0.2, 0) is 0 Å². The van der Waals surface area contributed by atoms with Crippen LogP contribution in [0.15, 0.2) is 140 Å². The molecule has 0 spiro atoms. The first-order valence-corrected chi connectivity index (χ1v) is 15.5. The normalized spacial score (nSPS) is 11.9. The molecule has 3 heterocycles. The minimum atomic E-state index is 0.170. The fourth-order valence-electron chi connectivity index (χ4n) is 6.29. The standard InChI is InChI=1S/C37H23N3Se/c1-2-10-26-23-27(18-17-24(26)9-1)35-36(40-33-15-7-8-16-34(33)41-37(40)38-35)25-19-21-28(22-20-25)39-31-13-5-3-11-29(31)30-12-4-6-14-32(30)39/h1-23H. The van der Waals surface area contributed by atoms with Gasteiger partial charge in [0.05, 0.1) is 0 Å². The summed E-state index contributed by atoms with van der Waals surface area (Å²) in [6, 6.07) is 50.4. The van der Waals surface area contributed by atoms with E-state index in [1.54, 1.807) is 0 Å². The maximum absolute atomic E-state index is 5.30. The van der Waals surface area contributed by atoms with Crippen molar-refractivity contribution in [1.82, 2.24) is 14.0 Å². The number of nitrogens with zero attached hydrogens (tertiary/aromatic N) is 3. The predicted octanol–water partition coefficient (Wildman–Crippen LogP) is 9.13. The Morgan fingerprint density at radius 3 is 1.88 bits per heavy atom. The molecule has 9 aromatic rings. The van der Waals surface area contributed by atoms with Crippen LogP contribution in [0.3, 0.4) is 0 Å². The minimum absolute atomic E-state index is 0.170. The summed E-state index contributed by atoms with van der Waals surface area (Å²) in [5.74, 6) is 0. The van der Waals surface area contributed by atoms with Crippen molar-refractivity contribution in [2.75, 3.05) is 0 Å². The number of imidazole rings is 1. The summed E-state index contributed by atoms with van der Waals surface area (Å²) < 4.78 is 7.31. The third-order valence-electron chi connectivity index (χ3n) is 8.16. The van der Waals surface area contributed by atoms with Gasteiger partial charge in [-0.2, -0.15) is 0 Å². The molecule has 0 N–H and O–H groups in total. The van der Waals surface area contributed by atoms with Crippen LogP contribution in [0.25, 0.3) is 75.1 Å². The second kappa shape index (κ2) is 8.81. The first-order valence-electron chi connectivity index (χ1n) is 13.8. The van der Waals surface area contributed by atoms with E-state index in [-0.39, 0.29) is 14.5 Å². The summed E-state index contributed by atoms with van der Waals surface area (Å²) in [6.07, 6.45) is 0. The van der Waals surface area contributed by atoms with Crippen LogP contribution in [0, 0.1) is 0 Å². The van der Waals surface area contributed by atoms with Crippen LogP contribution < -0.4 is 0 Å². The average Bonchev–Trinajstić information content (AvgIpc) is 3.69. The van der Waals surface area contributed by atoms with Crippen molar-refractivity contribution in [2.24, 2.45) is 0 Å². The molecule has 0 amide bonds. The van der Waals surface area contributed by atoms with Gasteiger partial charge in [-0.3, -0.25) is 0 Å². The summed E-state index contributed by atoms with van der Waals surface area (Å²) in [5, 5.41) is 5.03. The molecule has 0 aliphatic carbocycles. The van der Waals surface area contributed by atoms with Gasteiger partial charge in [0, 0.05) is 0 Å². The second-order valence-corrected chi connectivity index (χ2v) is 12.6. The van der Waals surface area contributed by atoms with Crippen molar-refractivity contribution in [2.45, 2.75) is 0 Å². The molecular weight excluding hydrogens is 565 g/mol. The average molecular weight is 589 g/mol. The molecule has 0 fully saturated rings. The molecule has 0 saturated heterocycles. The van der Waals surface area contributed by atoms with Crippen molar-refractivity contribution in [1.29, 1.82) is 0 Å². The van der Waals surface area contributed by atoms with Gasteiger partial charge in [-0.25, -0.2) is 0 Å². The molecule has 0 unspecified atom stereocenters. The predicted molar refractivity (Wildman–Crippen MR) is 172 cm³/mol. The fraction of sp³-hybridized carbons (Fsp3) is 0. The van der Waals surface area contributed by atoms with E-state index in [1.807, 2.05) is 0 Å². The molecule has 4 heteroatoms. The number of benzene rings is 6. The van der Waals surface area contributed by atoms with Gasteiger partial charge < -0.3 is 0 Å². The number of aromatic nitrogens is 3. The number of para-hydroxylation sites is 3. The van der Waals surface area contributed by atoms with Crippen LogP contribution in [0.1, 0.15) is 0 Å². The molecule has 6 aromatic carbocycles. The zero-order valence-corrected chi connectivity index (χ0v) is 23.7. The molecular formula is C37H23N3Se. The van der Waals surface area contributed by atoms with Crippen molar-refractivity contribution >= 4 is 61.4 Å². The fourth-order valence-corrected chi connectivity index (χ4v) is 8.44. The van der Waals surface area contributed by atoms with Gasteiger partial charge in [-0.1, -0.05) is 0 Å². The van der Waals surface area contributed by atoms with Gasteiger partial charge in [-0.05, 0) is 0 Å². The SMILES string of the molecule is c1ccc2cc(-c3nc4[se]c5ccccc5n4c3-c3ccc(-n4c5ccccc5c5ccccc54)cc3)ccc2c1. The van der Waals surface area contributed by atoms with Crippen LogP contribution in [0.5, 0.6) is 0 Å². The molecule has 3 aromatic heterocycles. The van der Waals surface area contributed by atoms with Crippen molar-refractivity contribution in [3.8, 4) is 28.2 Å². The number of hydrogen-bond donors (Lipinski definition) is 0. The first kappa shape index (κ1) is 22.9. The Labute approximate surface area is 242 Å². The molecule has 0 radical (unpaired) electrons. The van der Waals surface area contributed by atoms with E-state index in [9.17, 15) is 0 Å². The Kier molecular flexibility index (Phi) is 4.91. The van der Waals surface area contributed by atoms with Crippen LogP contribution >= 0.6 is 0 Å². The van der Waals surface area contributed by atoms with Crippen molar-refractivity contribution in [3.63, 3.8) is 0 Å². The quantitative estimate of drug-likeness (QED) is 0.189. The summed E-state index contributed by atoms with van der Waals surface area (Å²) in [7, 11) is 0. The Hall–Kier alpha value is -4.89. The van der Waals surface area contributed by atoms with E-state index >= 15 is 0 Å². The monoisotopic (exact) mass is 589 g/mol. The molecule has 0 bridgehead atoms. The zero-order chi connectivity index (χ0) is 26.9. The Bertz CT molecular complexity index is 2370. The Morgan fingerprint density at radius 2 is 1.12 bits per heavy atom. The third-order valence-corrected chi connectivity index (χ3v) is 10.3. The van der Waals surface area contributed by atoms with Crippen LogP contribution in [0.4, 0.5) is 0 Å². The molecule has 0 saturated carbocycles. The van der Waals surface area contributed by atoms with Crippen molar-refractivity contribution in [3.05, 3.63) is 140 Å². The summed E-state index contributed by atoms with van der Waals surface area (Å²) in [4.78, 5) is 5.30. The number of hydrogen-bond acceptors (Lipinski definition) is 1. The topological polar surface area (TPSA) is 22.2 Å². The van der Waals surface area contributed by atoms with E-state index in [1.165, 1.54) is 47.9 Å². The van der Waals surface area contributed by atoms with E-state index < -0.39 is 0 Å². The molecule has 41 heavy (non-hydrogen) atoms. The molecule has 192 valence electrons. The van der Waals surface area contributed by atoms with Gasteiger partial charge in [0.1, 0.15) is 0 Å². The van der Waals surface area contributed by atoms with E-state index in [4.69, 9.17) is 4.98 Å². The number of rotatable bonds is 3. The van der Waals surface area contributed by atoms with E-state index in [0.29, 0.717) is 0 Å². The third kappa shape index (κ3) is 3.42. The van der Waals surface area contributed by atoms with Crippen molar-refractivity contribution < 1.29 is 0 Å². The summed E-state index contributed by atoms with van der Waals surface area (Å²) >= 11 is 0.170. The molecule has 9 rings (SSSR count). The van der Waals surface area contributed by atoms with Gasteiger partial charge >= 0.3 is 243 Å². The summed E-state index contributed by atoms with van der Waals surface area (Å²) in [5.41, 5.74) is 9.39. The van der Waals surface area contributed by atoms with Crippen LogP contribution in [0.2, 0.25) is 0 Å².